The van der Waals surface area contributed by atoms with Gasteiger partial charge in [-0.3, -0.25) is 9.78 Å². The molecule has 6 heteroatoms. The van der Waals surface area contributed by atoms with Crippen molar-refractivity contribution in [1.82, 2.24) is 14.5 Å². The van der Waals surface area contributed by atoms with Gasteiger partial charge in [-0.1, -0.05) is 11.6 Å². The number of aryl methyl sites for hydroxylation is 1. The molecule has 3 rings (SSSR count). The van der Waals surface area contributed by atoms with Crippen LogP contribution in [0.1, 0.15) is 5.56 Å². The van der Waals surface area contributed by atoms with Crippen LogP contribution in [-0.4, -0.2) is 14.5 Å². The summed E-state index contributed by atoms with van der Waals surface area (Å²) in [6.45, 7) is 1.62. The molecule has 0 bridgehead atoms. The highest BCUT2D eigenvalue weighted by atomic mass is 35.5. The van der Waals surface area contributed by atoms with E-state index >= 15 is 0 Å². The fourth-order valence-electron chi connectivity index (χ4n) is 2.30. The summed E-state index contributed by atoms with van der Waals surface area (Å²) in [5.74, 6) is -0.441. The monoisotopic (exact) mass is 303 g/mol. The molecule has 0 aliphatic carbocycles. The zero-order chi connectivity index (χ0) is 15.1. The second kappa shape index (κ2) is 4.93. The van der Waals surface area contributed by atoms with Crippen molar-refractivity contribution in [1.29, 1.82) is 0 Å². The van der Waals surface area contributed by atoms with Crippen molar-refractivity contribution in [3.8, 4) is 11.1 Å². The molecule has 0 aliphatic heterocycles. The van der Waals surface area contributed by atoms with E-state index in [-0.39, 0.29) is 5.56 Å². The Kier molecular flexibility index (Phi) is 3.22. The number of halogens is 2. The van der Waals surface area contributed by atoms with E-state index in [1.54, 1.807) is 32.3 Å². The third-order valence-electron chi connectivity index (χ3n) is 3.52. The Labute approximate surface area is 124 Å². The topological polar surface area (TPSA) is 47.8 Å². The van der Waals surface area contributed by atoms with Gasteiger partial charge in [-0.15, -0.1) is 0 Å². The first kappa shape index (κ1) is 13.7. The van der Waals surface area contributed by atoms with E-state index in [0.717, 1.165) is 11.6 Å². The molecule has 0 amide bonds. The Morgan fingerprint density at radius 2 is 1.95 bits per heavy atom. The van der Waals surface area contributed by atoms with Gasteiger partial charge in [0.2, 0.25) is 0 Å². The van der Waals surface area contributed by atoms with Crippen LogP contribution in [0.5, 0.6) is 0 Å². The van der Waals surface area contributed by atoms with Crippen molar-refractivity contribution in [2.24, 2.45) is 7.05 Å². The van der Waals surface area contributed by atoms with E-state index in [0.29, 0.717) is 27.4 Å². The van der Waals surface area contributed by atoms with Crippen LogP contribution in [0.25, 0.3) is 22.0 Å². The molecule has 0 saturated carbocycles. The molecule has 3 aromatic heterocycles. The predicted molar refractivity (Wildman–Crippen MR) is 79.9 cm³/mol. The van der Waals surface area contributed by atoms with Gasteiger partial charge in [0.25, 0.3) is 5.56 Å². The maximum atomic E-state index is 13.7. The summed E-state index contributed by atoms with van der Waals surface area (Å²) in [5, 5.41) is 1.06. The minimum absolute atomic E-state index is 0.236. The molecule has 106 valence electrons. The average molecular weight is 304 g/mol. The Hall–Kier alpha value is -2.27. The van der Waals surface area contributed by atoms with Gasteiger partial charge in [-0.25, -0.2) is 9.37 Å². The smallest absolute Gasteiger partial charge is 0.258 e. The van der Waals surface area contributed by atoms with Gasteiger partial charge in [-0.05, 0) is 24.6 Å². The normalized spacial score (nSPS) is 11.0. The summed E-state index contributed by atoms with van der Waals surface area (Å²) in [4.78, 5) is 20.3. The number of hydrogen-bond donors (Lipinski definition) is 0. The summed E-state index contributed by atoms with van der Waals surface area (Å²) < 4.78 is 15.1. The molecule has 3 heterocycles. The predicted octanol–water partition coefficient (Wildman–Crippen LogP) is 3.10. The van der Waals surface area contributed by atoms with E-state index in [2.05, 4.69) is 9.97 Å². The van der Waals surface area contributed by atoms with Crippen molar-refractivity contribution >= 4 is 22.5 Å². The SMILES string of the molecule is Cc1c(F)cncc1-c1cc2cnc(Cl)cc2n(C)c1=O. The van der Waals surface area contributed by atoms with Crippen molar-refractivity contribution in [3.63, 3.8) is 0 Å². The van der Waals surface area contributed by atoms with Gasteiger partial charge < -0.3 is 4.57 Å². The molecule has 0 fully saturated rings. The molecule has 0 aromatic carbocycles. The van der Waals surface area contributed by atoms with Crippen LogP contribution in [0.4, 0.5) is 4.39 Å². The lowest BCUT2D eigenvalue weighted by molar-refractivity contribution is 0.612. The summed E-state index contributed by atoms with van der Waals surface area (Å²) in [6, 6.07) is 3.31. The summed E-state index contributed by atoms with van der Waals surface area (Å²) >= 11 is 5.86. The highest BCUT2D eigenvalue weighted by Gasteiger charge is 2.13. The zero-order valence-electron chi connectivity index (χ0n) is 11.4. The lowest BCUT2D eigenvalue weighted by atomic mass is 10.0. The van der Waals surface area contributed by atoms with Gasteiger partial charge >= 0.3 is 0 Å². The van der Waals surface area contributed by atoms with Crippen LogP contribution in [0.3, 0.4) is 0 Å². The first-order valence-corrected chi connectivity index (χ1v) is 6.62. The minimum Gasteiger partial charge on any atom is -0.311 e. The third-order valence-corrected chi connectivity index (χ3v) is 3.73. The number of hydrogen-bond acceptors (Lipinski definition) is 3. The molecular formula is C15H11ClFN3O. The lowest BCUT2D eigenvalue weighted by Crippen LogP contribution is -2.19. The molecule has 0 atom stereocenters. The molecule has 0 saturated heterocycles. The Bertz CT molecular complexity index is 921. The first-order chi connectivity index (χ1) is 9.99. The van der Waals surface area contributed by atoms with E-state index in [1.807, 2.05) is 0 Å². The van der Waals surface area contributed by atoms with Crippen LogP contribution in [0.2, 0.25) is 5.15 Å². The third kappa shape index (κ3) is 2.19. The van der Waals surface area contributed by atoms with E-state index in [1.165, 1.54) is 10.8 Å². The highest BCUT2D eigenvalue weighted by Crippen LogP contribution is 2.24. The Morgan fingerprint density at radius 1 is 1.19 bits per heavy atom. The fourth-order valence-corrected chi connectivity index (χ4v) is 2.46. The summed E-state index contributed by atoms with van der Waals surface area (Å²) in [7, 11) is 1.65. The number of nitrogens with zero attached hydrogens (tertiary/aromatic N) is 3. The van der Waals surface area contributed by atoms with Crippen LogP contribution >= 0.6 is 11.6 Å². The number of fused-ring (bicyclic) bond motifs is 1. The molecule has 0 N–H and O–H groups in total. The molecule has 4 nitrogen and oxygen atoms in total. The van der Waals surface area contributed by atoms with E-state index in [9.17, 15) is 9.18 Å². The number of rotatable bonds is 1. The first-order valence-electron chi connectivity index (χ1n) is 6.25. The largest absolute Gasteiger partial charge is 0.311 e. The minimum atomic E-state index is -0.441. The van der Waals surface area contributed by atoms with Crippen molar-refractivity contribution < 1.29 is 4.39 Å². The van der Waals surface area contributed by atoms with E-state index in [4.69, 9.17) is 11.6 Å². The van der Waals surface area contributed by atoms with E-state index < -0.39 is 5.82 Å². The molecule has 0 aliphatic rings. The molecule has 0 radical (unpaired) electrons. The lowest BCUT2D eigenvalue weighted by Gasteiger charge is -2.10. The summed E-state index contributed by atoms with van der Waals surface area (Å²) in [6.07, 6.45) is 4.21. The second-order valence-electron chi connectivity index (χ2n) is 4.78. The van der Waals surface area contributed by atoms with Crippen LogP contribution in [0, 0.1) is 12.7 Å². The quantitative estimate of drug-likeness (QED) is 0.649. The van der Waals surface area contributed by atoms with Gasteiger partial charge in [-0.2, -0.15) is 0 Å². The second-order valence-corrected chi connectivity index (χ2v) is 5.17. The van der Waals surface area contributed by atoms with Crippen LogP contribution in [-0.2, 0) is 7.05 Å². The van der Waals surface area contributed by atoms with Crippen molar-refractivity contribution in [2.45, 2.75) is 6.92 Å². The zero-order valence-corrected chi connectivity index (χ0v) is 12.1. The fraction of sp³-hybridized carbons (Fsp3) is 0.133. The highest BCUT2D eigenvalue weighted by molar-refractivity contribution is 6.30. The maximum absolute atomic E-state index is 13.7. The maximum Gasteiger partial charge on any atom is 0.258 e. The van der Waals surface area contributed by atoms with Gasteiger partial charge in [0.1, 0.15) is 11.0 Å². The number of aromatic nitrogens is 3. The molecule has 0 unspecified atom stereocenters. The van der Waals surface area contributed by atoms with Crippen molar-refractivity contribution in [3.05, 3.63) is 57.6 Å². The van der Waals surface area contributed by atoms with Crippen LogP contribution in [0.15, 0.2) is 35.5 Å². The average Bonchev–Trinajstić information content (AvgIpc) is 2.47. The standard InChI is InChI=1S/C15H11ClFN3O/c1-8-11(6-18-7-12(8)17)10-3-9-5-19-14(16)4-13(9)20(2)15(10)21/h3-7H,1-2H3. The molecular weight excluding hydrogens is 293 g/mol. The number of pyridine rings is 3. The van der Waals surface area contributed by atoms with Crippen molar-refractivity contribution in [2.75, 3.05) is 0 Å². The molecule has 0 spiro atoms. The van der Waals surface area contributed by atoms with Gasteiger partial charge in [0, 0.05) is 36.0 Å². The molecule has 3 aromatic rings. The Balaban J connectivity index is 2.39. The van der Waals surface area contributed by atoms with Gasteiger partial charge in [0.15, 0.2) is 0 Å². The van der Waals surface area contributed by atoms with Gasteiger partial charge in [0.05, 0.1) is 11.7 Å². The van der Waals surface area contributed by atoms with Crippen LogP contribution < -0.4 is 5.56 Å². The molecule has 21 heavy (non-hydrogen) atoms. The summed E-state index contributed by atoms with van der Waals surface area (Å²) in [5.41, 5.74) is 1.69. The Morgan fingerprint density at radius 3 is 2.71 bits per heavy atom.